The number of benzene rings is 1. The molecule has 1 aromatic rings. The van der Waals surface area contributed by atoms with Gasteiger partial charge in [0.1, 0.15) is 0 Å². The van der Waals surface area contributed by atoms with Crippen LogP contribution in [0.15, 0.2) is 30.3 Å². The van der Waals surface area contributed by atoms with Crippen LogP contribution >= 0.6 is 0 Å². The van der Waals surface area contributed by atoms with Crippen LogP contribution in [0.25, 0.3) is 0 Å². The molecule has 1 heterocycles. The molecule has 1 atom stereocenters. The molecule has 1 aliphatic rings. The molecule has 5 heteroatoms. The van der Waals surface area contributed by atoms with Gasteiger partial charge in [-0.05, 0) is 31.4 Å². The van der Waals surface area contributed by atoms with E-state index in [4.69, 9.17) is 4.84 Å². The summed E-state index contributed by atoms with van der Waals surface area (Å²) in [6.07, 6.45) is 2.08. The van der Waals surface area contributed by atoms with Gasteiger partial charge in [0.2, 0.25) is 5.91 Å². The summed E-state index contributed by atoms with van der Waals surface area (Å²) >= 11 is 0. The molecule has 1 amide bonds. The Morgan fingerprint density at radius 3 is 2.48 bits per heavy atom. The third kappa shape index (κ3) is 6.10. The fraction of sp³-hybridized carbons (Fsp3) is 0.650. The summed E-state index contributed by atoms with van der Waals surface area (Å²) in [5, 5.41) is 5.12. The zero-order valence-electron chi connectivity index (χ0n) is 16.1. The average molecular weight is 348 g/mol. The van der Waals surface area contributed by atoms with Crippen LogP contribution in [0.4, 0.5) is 0 Å². The highest BCUT2D eigenvalue weighted by atomic mass is 16.7. The van der Waals surface area contributed by atoms with Gasteiger partial charge in [0.25, 0.3) is 0 Å². The molecule has 0 radical (unpaired) electrons. The number of carbonyl (C=O) groups excluding carboxylic acids is 1. The lowest BCUT2D eigenvalue weighted by Crippen LogP contribution is -2.46. The largest absolute Gasteiger partial charge is 0.354 e. The summed E-state index contributed by atoms with van der Waals surface area (Å²) in [4.78, 5) is 19.8. The van der Waals surface area contributed by atoms with Crippen LogP contribution in [0.5, 0.6) is 0 Å². The van der Waals surface area contributed by atoms with Crippen molar-refractivity contribution in [3.05, 3.63) is 35.9 Å². The molecule has 1 aliphatic heterocycles. The predicted molar refractivity (Wildman–Crippen MR) is 101 cm³/mol. The van der Waals surface area contributed by atoms with Crippen LogP contribution in [-0.2, 0) is 9.63 Å². The maximum Gasteiger partial charge on any atom is 0.234 e. The average Bonchev–Trinajstić information content (AvgIpc) is 2.62. The van der Waals surface area contributed by atoms with Gasteiger partial charge in [-0.1, -0.05) is 44.2 Å². The third-order valence-corrected chi connectivity index (χ3v) is 5.25. The van der Waals surface area contributed by atoms with Gasteiger partial charge in [-0.2, -0.15) is 5.06 Å². The molecule has 1 N–H and O–H groups in total. The number of likely N-dealkylation sites (N-methyl/N-ethyl adjacent to an activating group) is 1. The second kappa shape index (κ2) is 9.90. The van der Waals surface area contributed by atoms with Gasteiger partial charge in [0.15, 0.2) is 0 Å². The topological polar surface area (TPSA) is 44.8 Å². The minimum Gasteiger partial charge on any atom is -0.354 e. The molecule has 2 rings (SSSR count). The fourth-order valence-corrected chi connectivity index (χ4v) is 3.54. The Bertz CT molecular complexity index is 513. The fourth-order valence-electron chi connectivity index (χ4n) is 3.54. The van der Waals surface area contributed by atoms with E-state index < -0.39 is 0 Å². The number of hydrogen-bond acceptors (Lipinski definition) is 4. The van der Waals surface area contributed by atoms with E-state index in [1.165, 1.54) is 5.56 Å². The molecule has 140 valence electrons. The van der Waals surface area contributed by atoms with Crippen LogP contribution in [-0.4, -0.2) is 62.2 Å². The highest BCUT2D eigenvalue weighted by Gasteiger charge is 2.24. The Morgan fingerprint density at radius 2 is 1.92 bits per heavy atom. The van der Waals surface area contributed by atoms with Crippen molar-refractivity contribution in [2.75, 3.05) is 40.3 Å². The van der Waals surface area contributed by atoms with Crippen molar-refractivity contribution in [1.82, 2.24) is 15.3 Å². The van der Waals surface area contributed by atoms with E-state index in [1.807, 2.05) is 18.2 Å². The number of carbonyl (C=O) groups is 1. The highest BCUT2D eigenvalue weighted by Crippen LogP contribution is 2.23. The Balaban J connectivity index is 1.79. The van der Waals surface area contributed by atoms with Gasteiger partial charge in [0.05, 0.1) is 13.7 Å². The smallest absolute Gasteiger partial charge is 0.234 e. The van der Waals surface area contributed by atoms with Crippen LogP contribution < -0.4 is 5.32 Å². The molecule has 25 heavy (non-hydrogen) atoms. The number of amides is 1. The lowest BCUT2D eigenvalue weighted by Gasteiger charge is -2.35. The number of piperidine rings is 1. The molecule has 0 bridgehead atoms. The van der Waals surface area contributed by atoms with Crippen molar-refractivity contribution in [1.29, 1.82) is 0 Å². The number of hydroxylamine groups is 2. The molecule has 0 saturated carbocycles. The zero-order chi connectivity index (χ0) is 18.2. The molecule has 1 unspecified atom stereocenters. The maximum atomic E-state index is 12.4. The van der Waals surface area contributed by atoms with Gasteiger partial charge in [-0.25, -0.2) is 0 Å². The van der Waals surface area contributed by atoms with Gasteiger partial charge in [0, 0.05) is 31.6 Å². The molecular formula is C20H33N3O2. The highest BCUT2D eigenvalue weighted by molar-refractivity contribution is 5.78. The van der Waals surface area contributed by atoms with Gasteiger partial charge >= 0.3 is 0 Å². The number of hydrogen-bond donors (Lipinski definition) is 1. The van der Waals surface area contributed by atoms with Crippen molar-refractivity contribution in [3.8, 4) is 0 Å². The summed E-state index contributed by atoms with van der Waals surface area (Å²) < 4.78 is 0. The molecule has 0 spiro atoms. The number of nitrogens with one attached hydrogen (secondary N) is 1. The van der Waals surface area contributed by atoms with E-state index in [1.54, 1.807) is 7.11 Å². The van der Waals surface area contributed by atoms with Gasteiger partial charge in [-0.15, -0.1) is 0 Å². The molecule has 1 fully saturated rings. The molecular weight excluding hydrogens is 314 g/mol. The first-order valence-electron chi connectivity index (χ1n) is 9.32. The van der Waals surface area contributed by atoms with Gasteiger partial charge in [-0.3, -0.25) is 9.69 Å². The van der Waals surface area contributed by atoms with Crippen molar-refractivity contribution >= 4 is 5.91 Å². The monoisotopic (exact) mass is 347 g/mol. The van der Waals surface area contributed by atoms with Gasteiger partial charge < -0.3 is 10.2 Å². The van der Waals surface area contributed by atoms with E-state index in [0.717, 1.165) is 25.9 Å². The lowest BCUT2D eigenvalue weighted by atomic mass is 9.88. The SMILES string of the molecule is CON1CCC(N(C)CC(=O)NCC(c2ccccc2)C(C)C)CC1. The second-order valence-corrected chi connectivity index (χ2v) is 7.32. The Hall–Kier alpha value is -1.43. The Labute approximate surface area is 152 Å². The minimum absolute atomic E-state index is 0.109. The number of rotatable bonds is 8. The Kier molecular flexibility index (Phi) is 7.88. The van der Waals surface area contributed by atoms with Crippen molar-refractivity contribution < 1.29 is 9.63 Å². The molecule has 0 aliphatic carbocycles. The van der Waals surface area contributed by atoms with Crippen molar-refractivity contribution in [2.24, 2.45) is 5.92 Å². The minimum atomic E-state index is 0.109. The first-order chi connectivity index (χ1) is 12.0. The van der Waals surface area contributed by atoms with E-state index >= 15 is 0 Å². The summed E-state index contributed by atoms with van der Waals surface area (Å²) in [6.45, 7) is 7.42. The molecule has 1 aromatic carbocycles. The van der Waals surface area contributed by atoms with E-state index in [-0.39, 0.29) is 5.91 Å². The lowest BCUT2D eigenvalue weighted by molar-refractivity contribution is -0.150. The standard InChI is InChI=1S/C20H33N3O2/c1-16(2)19(17-8-6-5-7-9-17)14-21-20(24)15-22(3)18-10-12-23(25-4)13-11-18/h5-9,16,18-19H,10-15H2,1-4H3,(H,21,24). The molecule has 5 nitrogen and oxygen atoms in total. The first kappa shape index (κ1) is 19.9. The van der Waals surface area contributed by atoms with E-state index in [2.05, 4.69) is 48.3 Å². The summed E-state index contributed by atoms with van der Waals surface area (Å²) in [6, 6.07) is 10.9. The van der Waals surface area contributed by atoms with E-state index in [9.17, 15) is 4.79 Å². The first-order valence-corrected chi connectivity index (χ1v) is 9.32. The maximum absolute atomic E-state index is 12.4. The summed E-state index contributed by atoms with van der Waals surface area (Å²) in [5.74, 6) is 0.942. The van der Waals surface area contributed by atoms with E-state index in [0.29, 0.717) is 31.0 Å². The third-order valence-electron chi connectivity index (χ3n) is 5.25. The Morgan fingerprint density at radius 1 is 1.28 bits per heavy atom. The predicted octanol–water partition coefficient (Wildman–Crippen LogP) is 2.50. The van der Waals surface area contributed by atoms with Crippen LogP contribution in [0.3, 0.4) is 0 Å². The quantitative estimate of drug-likeness (QED) is 0.785. The van der Waals surface area contributed by atoms with Crippen LogP contribution in [0, 0.1) is 5.92 Å². The van der Waals surface area contributed by atoms with Crippen molar-refractivity contribution in [3.63, 3.8) is 0 Å². The van der Waals surface area contributed by atoms with Crippen LogP contribution in [0.2, 0.25) is 0 Å². The number of nitrogens with zero attached hydrogens (tertiary/aromatic N) is 2. The molecule has 1 saturated heterocycles. The normalized spacial score (nSPS) is 17.8. The zero-order valence-corrected chi connectivity index (χ0v) is 16.1. The molecule has 0 aromatic heterocycles. The van der Waals surface area contributed by atoms with Crippen molar-refractivity contribution in [2.45, 2.75) is 38.6 Å². The van der Waals surface area contributed by atoms with Crippen LogP contribution in [0.1, 0.15) is 38.2 Å². The summed E-state index contributed by atoms with van der Waals surface area (Å²) in [7, 11) is 3.76. The second-order valence-electron chi connectivity index (χ2n) is 7.32. The summed E-state index contributed by atoms with van der Waals surface area (Å²) in [5.41, 5.74) is 1.29.